The van der Waals surface area contributed by atoms with E-state index >= 15 is 0 Å². The number of aromatic amines is 1. The van der Waals surface area contributed by atoms with E-state index in [1.807, 2.05) is 18.2 Å². The molecule has 0 saturated carbocycles. The van der Waals surface area contributed by atoms with E-state index in [2.05, 4.69) is 21.0 Å². The summed E-state index contributed by atoms with van der Waals surface area (Å²) in [5.41, 5.74) is 1.14. The van der Waals surface area contributed by atoms with Gasteiger partial charge in [0.05, 0.1) is 17.4 Å². The van der Waals surface area contributed by atoms with Crippen LogP contribution in [0.2, 0.25) is 0 Å². The molecule has 1 N–H and O–H groups in total. The van der Waals surface area contributed by atoms with Crippen LogP contribution in [0.1, 0.15) is 5.56 Å². The molecule has 1 heterocycles. The van der Waals surface area contributed by atoms with E-state index in [4.69, 9.17) is 0 Å². The first-order chi connectivity index (χ1) is 9.15. The Morgan fingerprint density at radius 1 is 1.21 bits per heavy atom. The Morgan fingerprint density at radius 2 is 2.00 bits per heavy atom. The number of halogens is 2. The summed E-state index contributed by atoms with van der Waals surface area (Å²) in [6.07, 6.45) is 0. The van der Waals surface area contributed by atoms with Crippen molar-refractivity contribution in [2.45, 2.75) is 6.54 Å². The van der Waals surface area contributed by atoms with Crippen LogP contribution in [0.5, 0.6) is 0 Å². The van der Waals surface area contributed by atoms with Crippen molar-refractivity contribution in [3.05, 3.63) is 68.7 Å². The molecule has 0 spiro atoms. The average molecular weight is 321 g/mol. The molecule has 3 rings (SSSR count). The van der Waals surface area contributed by atoms with Crippen LogP contribution >= 0.6 is 15.9 Å². The van der Waals surface area contributed by atoms with Gasteiger partial charge in [0.25, 0.3) is 5.56 Å². The Hall–Kier alpha value is -1.88. The van der Waals surface area contributed by atoms with E-state index in [0.29, 0.717) is 22.0 Å². The highest BCUT2D eigenvalue weighted by Crippen LogP contribution is 2.17. The van der Waals surface area contributed by atoms with Gasteiger partial charge in [-0.1, -0.05) is 34.1 Å². The fourth-order valence-corrected chi connectivity index (χ4v) is 2.42. The topological polar surface area (TPSA) is 37.8 Å². The van der Waals surface area contributed by atoms with Crippen LogP contribution in [0, 0.1) is 5.82 Å². The van der Waals surface area contributed by atoms with Crippen molar-refractivity contribution >= 4 is 26.8 Å². The van der Waals surface area contributed by atoms with E-state index in [-0.39, 0.29) is 11.4 Å². The number of aromatic nitrogens is 2. The predicted molar refractivity (Wildman–Crippen MR) is 75.8 cm³/mol. The third-order valence-corrected chi connectivity index (χ3v) is 3.51. The van der Waals surface area contributed by atoms with Crippen LogP contribution in [0.25, 0.3) is 10.9 Å². The number of nitrogens with zero attached hydrogens (tertiary/aromatic N) is 1. The number of nitrogens with one attached hydrogen (secondary N) is 1. The summed E-state index contributed by atoms with van der Waals surface area (Å²) >= 11 is 3.22. The third-order valence-electron chi connectivity index (χ3n) is 3.02. The Balaban J connectivity index is 2.08. The SMILES string of the molecule is O=c1[nH]n(Cc2ccc(Br)cc2F)c2ccccc12. The molecule has 3 nitrogen and oxygen atoms in total. The molecule has 96 valence electrons. The first-order valence-electron chi connectivity index (χ1n) is 5.76. The highest BCUT2D eigenvalue weighted by atomic mass is 79.9. The zero-order valence-electron chi connectivity index (χ0n) is 9.86. The molecule has 5 heteroatoms. The van der Waals surface area contributed by atoms with Crippen LogP contribution in [0.3, 0.4) is 0 Å². The molecule has 2 aromatic carbocycles. The van der Waals surface area contributed by atoms with E-state index < -0.39 is 0 Å². The largest absolute Gasteiger partial charge is 0.280 e. The van der Waals surface area contributed by atoms with Crippen molar-refractivity contribution in [1.29, 1.82) is 0 Å². The van der Waals surface area contributed by atoms with E-state index in [1.54, 1.807) is 22.9 Å². The fourth-order valence-electron chi connectivity index (χ4n) is 2.09. The van der Waals surface area contributed by atoms with Gasteiger partial charge in [0.2, 0.25) is 0 Å². The van der Waals surface area contributed by atoms with Crippen LogP contribution in [0.15, 0.2) is 51.7 Å². The lowest BCUT2D eigenvalue weighted by atomic mass is 10.2. The summed E-state index contributed by atoms with van der Waals surface area (Å²) in [5.74, 6) is -0.298. The van der Waals surface area contributed by atoms with Crippen molar-refractivity contribution < 1.29 is 4.39 Å². The monoisotopic (exact) mass is 320 g/mol. The predicted octanol–water partition coefficient (Wildman–Crippen LogP) is 3.28. The summed E-state index contributed by atoms with van der Waals surface area (Å²) in [6, 6.07) is 12.1. The number of hydrogen-bond donors (Lipinski definition) is 1. The second kappa shape index (κ2) is 4.66. The first kappa shape index (κ1) is 12.2. The van der Waals surface area contributed by atoms with Crippen molar-refractivity contribution in [1.82, 2.24) is 9.78 Å². The molecule has 0 atom stereocenters. The minimum absolute atomic E-state index is 0.159. The van der Waals surface area contributed by atoms with Crippen LogP contribution in [0.4, 0.5) is 4.39 Å². The van der Waals surface area contributed by atoms with Gasteiger partial charge in [0.15, 0.2) is 0 Å². The van der Waals surface area contributed by atoms with E-state index in [9.17, 15) is 9.18 Å². The third kappa shape index (κ3) is 2.21. The van der Waals surface area contributed by atoms with Gasteiger partial charge in [-0.3, -0.25) is 14.6 Å². The smallest absolute Gasteiger partial charge is 0.271 e. The number of hydrogen-bond acceptors (Lipinski definition) is 1. The number of H-pyrrole nitrogens is 1. The molecule has 0 bridgehead atoms. The standard InChI is InChI=1S/C14H10BrFN2O/c15-10-6-5-9(12(16)7-10)8-18-13-4-2-1-3-11(13)14(19)17-18/h1-7H,8H2,(H,17,19). The number of para-hydroxylation sites is 1. The highest BCUT2D eigenvalue weighted by molar-refractivity contribution is 9.10. The van der Waals surface area contributed by atoms with Gasteiger partial charge in [-0.25, -0.2) is 4.39 Å². The lowest BCUT2D eigenvalue weighted by Gasteiger charge is -2.06. The Labute approximate surface area is 116 Å². The van der Waals surface area contributed by atoms with Gasteiger partial charge in [-0.2, -0.15) is 0 Å². The van der Waals surface area contributed by atoms with Gasteiger partial charge in [-0.05, 0) is 24.3 Å². The number of benzene rings is 2. The van der Waals surface area contributed by atoms with Crippen molar-refractivity contribution in [3.8, 4) is 0 Å². The molecule has 0 amide bonds. The normalized spacial score (nSPS) is 11.1. The molecule has 0 radical (unpaired) electrons. The fraction of sp³-hybridized carbons (Fsp3) is 0.0714. The summed E-state index contributed by atoms with van der Waals surface area (Å²) in [5, 5.41) is 3.34. The molecule has 0 unspecified atom stereocenters. The molecule has 0 saturated heterocycles. The van der Waals surface area contributed by atoms with Crippen molar-refractivity contribution in [2.24, 2.45) is 0 Å². The van der Waals surface area contributed by atoms with E-state index in [1.165, 1.54) is 6.07 Å². The second-order valence-corrected chi connectivity index (χ2v) is 5.20. The quantitative estimate of drug-likeness (QED) is 0.773. The maximum absolute atomic E-state index is 13.8. The van der Waals surface area contributed by atoms with Gasteiger partial charge >= 0.3 is 0 Å². The maximum Gasteiger partial charge on any atom is 0.271 e. The number of rotatable bonds is 2. The second-order valence-electron chi connectivity index (χ2n) is 4.28. The highest BCUT2D eigenvalue weighted by Gasteiger charge is 2.08. The van der Waals surface area contributed by atoms with E-state index in [0.717, 1.165) is 5.52 Å². The van der Waals surface area contributed by atoms with Crippen molar-refractivity contribution in [2.75, 3.05) is 0 Å². The first-order valence-corrected chi connectivity index (χ1v) is 6.56. The zero-order chi connectivity index (χ0) is 13.4. The molecule has 0 fully saturated rings. The zero-order valence-corrected chi connectivity index (χ0v) is 11.4. The van der Waals surface area contributed by atoms with Gasteiger partial charge in [0.1, 0.15) is 5.82 Å². The van der Waals surface area contributed by atoms with Crippen LogP contribution in [-0.2, 0) is 6.54 Å². The lowest BCUT2D eigenvalue weighted by molar-refractivity contribution is 0.588. The minimum atomic E-state index is -0.298. The molecule has 19 heavy (non-hydrogen) atoms. The van der Waals surface area contributed by atoms with Crippen LogP contribution < -0.4 is 5.56 Å². The van der Waals surface area contributed by atoms with Crippen LogP contribution in [-0.4, -0.2) is 9.78 Å². The lowest BCUT2D eigenvalue weighted by Crippen LogP contribution is -2.08. The summed E-state index contributed by atoms with van der Waals surface area (Å²) < 4.78 is 16.2. The number of fused-ring (bicyclic) bond motifs is 1. The molecular formula is C14H10BrFN2O. The Bertz CT molecular complexity index is 807. The molecule has 0 aliphatic rings. The maximum atomic E-state index is 13.8. The molecule has 3 aromatic rings. The van der Waals surface area contributed by atoms with Crippen molar-refractivity contribution in [3.63, 3.8) is 0 Å². The Morgan fingerprint density at radius 3 is 2.79 bits per heavy atom. The molecule has 1 aromatic heterocycles. The summed E-state index contributed by atoms with van der Waals surface area (Å²) in [7, 11) is 0. The summed E-state index contributed by atoms with van der Waals surface area (Å²) in [4.78, 5) is 11.8. The molecular weight excluding hydrogens is 311 g/mol. The van der Waals surface area contributed by atoms with Gasteiger partial charge in [0, 0.05) is 10.0 Å². The minimum Gasteiger partial charge on any atom is -0.280 e. The van der Waals surface area contributed by atoms with Gasteiger partial charge < -0.3 is 0 Å². The molecule has 0 aliphatic heterocycles. The summed E-state index contributed by atoms with van der Waals surface area (Å²) in [6.45, 7) is 0.294. The van der Waals surface area contributed by atoms with Gasteiger partial charge in [-0.15, -0.1) is 0 Å². The average Bonchev–Trinajstić information content (AvgIpc) is 2.71. The Kier molecular flexibility index (Phi) is 2.98. The molecule has 0 aliphatic carbocycles.